The van der Waals surface area contributed by atoms with Gasteiger partial charge in [-0.2, -0.15) is 0 Å². The summed E-state index contributed by atoms with van der Waals surface area (Å²) in [5.74, 6) is 0.815. The third-order valence-electron chi connectivity index (χ3n) is 2.90. The van der Waals surface area contributed by atoms with E-state index in [2.05, 4.69) is 4.98 Å². The lowest BCUT2D eigenvalue weighted by Crippen LogP contribution is -2.51. The number of likely N-dealkylation sites (N-methyl/N-ethyl adjacent to an activating group) is 1. The van der Waals surface area contributed by atoms with Gasteiger partial charge in [-0.05, 0) is 13.3 Å². The molecule has 1 heterocycles. The van der Waals surface area contributed by atoms with Gasteiger partial charge in [0.05, 0.1) is 12.1 Å². The second kappa shape index (κ2) is 6.75. The highest BCUT2D eigenvalue weighted by atomic mass is 35.5. The first-order valence-corrected chi connectivity index (χ1v) is 5.89. The molecule has 1 aromatic heterocycles. The van der Waals surface area contributed by atoms with Gasteiger partial charge in [-0.25, -0.2) is 4.98 Å². The number of aryl methyl sites for hydroxylation is 1. The van der Waals surface area contributed by atoms with Crippen LogP contribution in [0.5, 0.6) is 0 Å². The summed E-state index contributed by atoms with van der Waals surface area (Å²) in [4.78, 5) is 18.0. The lowest BCUT2D eigenvalue weighted by atomic mass is 9.96. The minimum atomic E-state index is -0.783. The molecule has 104 valence electrons. The standard InChI is InChI=1S/C12H22N4O.ClH/c1-5-6-12(2,13)11(17)16(4)9-10-14-7-8-15(10)3;/h7-8H,5-6,9,13H2,1-4H3;1H. The summed E-state index contributed by atoms with van der Waals surface area (Å²) in [5, 5.41) is 0. The number of hydrogen-bond donors (Lipinski definition) is 1. The Bertz CT molecular complexity index is 389. The van der Waals surface area contributed by atoms with Crippen molar-refractivity contribution >= 4 is 18.3 Å². The summed E-state index contributed by atoms with van der Waals surface area (Å²) in [6.45, 7) is 4.30. The van der Waals surface area contributed by atoms with Crippen LogP contribution >= 0.6 is 12.4 Å². The van der Waals surface area contributed by atoms with Crippen LogP contribution in [0, 0.1) is 0 Å². The highest BCUT2D eigenvalue weighted by molar-refractivity contribution is 5.85. The van der Waals surface area contributed by atoms with Crippen LogP contribution in [0.1, 0.15) is 32.5 Å². The molecule has 0 bridgehead atoms. The number of halogens is 1. The average molecular weight is 275 g/mol. The molecular weight excluding hydrogens is 252 g/mol. The van der Waals surface area contributed by atoms with Crippen molar-refractivity contribution in [3.05, 3.63) is 18.2 Å². The number of carbonyl (C=O) groups excluding carboxylic acids is 1. The first-order valence-electron chi connectivity index (χ1n) is 5.89. The molecule has 1 atom stereocenters. The number of hydrogen-bond acceptors (Lipinski definition) is 3. The Kier molecular flexibility index (Phi) is 6.35. The van der Waals surface area contributed by atoms with Crippen LogP contribution in [-0.2, 0) is 18.4 Å². The summed E-state index contributed by atoms with van der Waals surface area (Å²) in [6.07, 6.45) is 5.17. The van der Waals surface area contributed by atoms with Gasteiger partial charge in [0.2, 0.25) is 5.91 Å². The van der Waals surface area contributed by atoms with Gasteiger partial charge in [0.15, 0.2) is 0 Å². The second-order valence-electron chi connectivity index (χ2n) is 4.78. The molecule has 0 saturated carbocycles. The zero-order valence-corrected chi connectivity index (χ0v) is 12.3. The summed E-state index contributed by atoms with van der Waals surface area (Å²) in [7, 11) is 3.67. The van der Waals surface area contributed by atoms with Crippen LogP contribution in [0.3, 0.4) is 0 Å². The minimum Gasteiger partial charge on any atom is -0.337 e. The average Bonchev–Trinajstić information content (AvgIpc) is 2.63. The number of amides is 1. The number of rotatable bonds is 5. The predicted molar refractivity (Wildman–Crippen MR) is 74.4 cm³/mol. The van der Waals surface area contributed by atoms with Crippen molar-refractivity contribution in [3.63, 3.8) is 0 Å². The number of carbonyl (C=O) groups is 1. The van der Waals surface area contributed by atoms with Gasteiger partial charge >= 0.3 is 0 Å². The first-order chi connectivity index (χ1) is 7.88. The maximum atomic E-state index is 12.2. The van der Waals surface area contributed by atoms with Crippen molar-refractivity contribution in [1.82, 2.24) is 14.5 Å². The van der Waals surface area contributed by atoms with Gasteiger partial charge in [0.25, 0.3) is 0 Å². The van der Waals surface area contributed by atoms with Crippen molar-refractivity contribution in [3.8, 4) is 0 Å². The van der Waals surface area contributed by atoms with Gasteiger partial charge in [0, 0.05) is 26.5 Å². The van der Waals surface area contributed by atoms with Gasteiger partial charge in [-0.1, -0.05) is 13.3 Å². The molecule has 18 heavy (non-hydrogen) atoms. The number of nitrogens with two attached hydrogens (primary N) is 1. The number of aromatic nitrogens is 2. The van der Waals surface area contributed by atoms with Crippen molar-refractivity contribution in [2.24, 2.45) is 12.8 Å². The fraction of sp³-hybridized carbons (Fsp3) is 0.667. The van der Waals surface area contributed by atoms with Gasteiger partial charge in [-0.3, -0.25) is 4.79 Å². The molecular formula is C12H23ClN4O. The Morgan fingerprint density at radius 2 is 2.22 bits per heavy atom. The molecule has 0 spiro atoms. The summed E-state index contributed by atoms with van der Waals surface area (Å²) in [5.41, 5.74) is 5.24. The van der Waals surface area contributed by atoms with Crippen LogP contribution in [0.25, 0.3) is 0 Å². The smallest absolute Gasteiger partial charge is 0.242 e. The van der Waals surface area contributed by atoms with Crippen LogP contribution in [-0.4, -0.2) is 32.9 Å². The molecule has 1 rings (SSSR count). The molecule has 0 aromatic carbocycles. The van der Waals surface area contributed by atoms with Gasteiger partial charge < -0.3 is 15.2 Å². The van der Waals surface area contributed by atoms with Crippen molar-refractivity contribution in [1.29, 1.82) is 0 Å². The first kappa shape index (κ1) is 16.9. The monoisotopic (exact) mass is 274 g/mol. The molecule has 5 nitrogen and oxygen atoms in total. The van der Waals surface area contributed by atoms with E-state index in [4.69, 9.17) is 5.73 Å². The van der Waals surface area contributed by atoms with E-state index in [0.29, 0.717) is 13.0 Å². The summed E-state index contributed by atoms with van der Waals surface area (Å²) >= 11 is 0. The molecule has 2 N–H and O–H groups in total. The maximum Gasteiger partial charge on any atom is 0.242 e. The van der Waals surface area contributed by atoms with E-state index in [-0.39, 0.29) is 18.3 Å². The fourth-order valence-electron chi connectivity index (χ4n) is 1.90. The van der Waals surface area contributed by atoms with E-state index >= 15 is 0 Å². The summed E-state index contributed by atoms with van der Waals surface area (Å²) < 4.78 is 1.90. The van der Waals surface area contributed by atoms with Crippen LogP contribution in [0.4, 0.5) is 0 Å². The predicted octanol–water partition coefficient (Wildman–Crippen LogP) is 1.32. The second-order valence-corrected chi connectivity index (χ2v) is 4.78. The van der Waals surface area contributed by atoms with Crippen LogP contribution in [0.15, 0.2) is 12.4 Å². The molecule has 0 aliphatic rings. The lowest BCUT2D eigenvalue weighted by Gasteiger charge is -2.28. The van der Waals surface area contributed by atoms with E-state index in [1.807, 2.05) is 24.7 Å². The fourth-order valence-corrected chi connectivity index (χ4v) is 1.90. The molecule has 6 heteroatoms. The number of imidazole rings is 1. The summed E-state index contributed by atoms with van der Waals surface area (Å²) in [6, 6.07) is 0. The zero-order chi connectivity index (χ0) is 13.1. The van der Waals surface area contributed by atoms with Crippen molar-refractivity contribution in [2.75, 3.05) is 7.05 Å². The zero-order valence-electron chi connectivity index (χ0n) is 11.5. The molecule has 0 aliphatic carbocycles. The van der Waals surface area contributed by atoms with Crippen LogP contribution < -0.4 is 5.73 Å². The third-order valence-corrected chi connectivity index (χ3v) is 2.90. The Hall–Kier alpha value is -1.07. The quantitative estimate of drug-likeness (QED) is 0.881. The third kappa shape index (κ3) is 3.99. The lowest BCUT2D eigenvalue weighted by molar-refractivity contribution is -0.136. The molecule has 0 fully saturated rings. The van der Waals surface area contributed by atoms with Gasteiger partial charge in [0.1, 0.15) is 5.82 Å². The highest BCUT2D eigenvalue weighted by Crippen LogP contribution is 2.13. The molecule has 1 unspecified atom stereocenters. The molecule has 0 saturated heterocycles. The van der Waals surface area contributed by atoms with Crippen LogP contribution in [0.2, 0.25) is 0 Å². The van der Waals surface area contributed by atoms with Gasteiger partial charge in [-0.15, -0.1) is 12.4 Å². The molecule has 0 aliphatic heterocycles. The number of nitrogens with zero attached hydrogens (tertiary/aromatic N) is 3. The van der Waals surface area contributed by atoms with Crippen molar-refractivity contribution < 1.29 is 4.79 Å². The molecule has 1 amide bonds. The Balaban J connectivity index is 0.00000289. The Morgan fingerprint density at radius 1 is 1.61 bits per heavy atom. The Labute approximate surface area is 115 Å². The topological polar surface area (TPSA) is 64.2 Å². The normalized spacial score (nSPS) is 13.6. The van der Waals surface area contributed by atoms with E-state index in [1.54, 1.807) is 25.1 Å². The minimum absolute atomic E-state index is 0. The van der Waals surface area contributed by atoms with E-state index in [0.717, 1.165) is 12.2 Å². The molecule has 0 radical (unpaired) electrons. The largest absolute Gasteiger partial charge is 0.337 e. The maximum absolute atomic E-state index is 12.2. The Morgan fingerprint density at radius 3 is 2.67 bits per heavy atom. The highest BCUT2D eigenvalue weighted by Gasteiger charge is 2.30. The van der Waals surface area contributed by atoms with E-state index in [9.17, 15) is 4.79 Å². The van der Waals surface area contributed by atoms with E-state index in [1.165, 1.54) is 0 Å². The van der Waals surface area contributed by atoms with Crippen molar-refractivity contribution in [2.45, 2.75) is 38.8 Å². The van der Waals surface area contributed by atoms with E-state index < -0.39 is 5.54 Å². The SMILES string of the molecule is CCCC(C)(N)C(=O)N(C)Cc1nccn1C.Cl. The molecule has 1 aromatic rings.